The van der Waals surface area contributed by atoms with Crippen LogP contribution in [0, 0.1) is 0 Å². The van der Waals surface area contributed by atoms with E-state index in [4.69, 9.17) is 0 Å². The van der Waals surface area contributed by atoms with Crippen LogP contribution in [0.2, 0.25) is 0 Å². The lowest BCUT2D eigenvalue weighted by atomic mass is 10.2. The van der Waals surface area contributed by atoms with Crippen LogP contribution in [-0.4, -0.2) is 9.78 Å². The summed E-state index contributed by atoms with van der Waals surface area (Å²) in [7, 11) is 0. The average molecular weight is 335 g/mol. The van der Waals surface area contributed by atoms with Crippen LogP contribution >= 0.6 is 15.9 Å². The fourth-order valence-electron chi connectivity index (χ4n) is 1.68. The molecule has 0 aliphatic carbocycles. The average Bonchev–Trinajstić information content (AvgIpc) is 2.65. The molecule has 0 aliphatic heterocycles. The highest BCUT2D eigenvalue weighted by molar-refractivity contribution is 9.10. The van der Waals surface area contributed by atoms with E-state index in [0.29, 0.717) is 22.3 Å². The minimum absolute atomic E-state index is 0.323. The number of hydrogen-bond donors (Lipinski definition) is 1. The first-order valence-electron chi connectivity index (χ1n) is 5.51. The number of H-pyrrole nitrogens is 1. The van der Waals surface area contributed by atoms with Crippen LogP contribution in [0.4, 0.5) is 13.2 Å². The third-order valence-corrected chi connectivity index (χ3v) is 3.53. The molecule has 1 N–H and O–H groups in total. The fourth-order valence-corrected chi connectivity index (χ4v) is 2.22. The zero-order valence-corrected chi connectivity index (χ0v) is 11.5. The first-order chi connectivity index (χ1) is 8.84. The van der Waals surface area contributed by atoms with Gasteiger partial charge in [-0.15, -0.1) is 0 Å². The van der Waals surface area contributed by atoms with Crippen LogP contribution in [-0.2, 0) is 12.6 Å². The van der Waals surface area contributed by atoms with Crippen molar-refractivity contribution in [1.82, 2.24) is 9.78 Å². The third kappa shape index (κ3) is 2.60. The van der Waals surface area contributed by atoms with Crippen molar-refractivity contribution in [2.75, 3.05) is 0 Å². The first-order valence-corrected chi connectivity index (χ1v) is 6.31. The Morgan fingerprint density at radius 2 is 1.84 bits per heavy atom. The van der Waals surface area contributed by atoms with Crippen molar-refractivity contribution in [3.05, 3.63) is 50.3 Å². The maximum absolute atomic E-state index is 12.4. The normalized spacial score (nSPS) is 11.8. The van der Waals surface area contributed by atoms with Crippen molar-refractivity contribution in [1.29, 1.82) is 0 Å². The van der Waals surface area contributed by atoms with Crippen molar-refractivity contribution in [2.45, 2.75) is 19.5 Å². The third-order valence-electron chi connectivity index (χ3n) is 2.71. The van der Waals surface area contributed by atoms with Crippen molar-refractivity contribution in [3.63, 3.8) is 0 Å². The Labute approximate surface area is 115 Å². The number of hydrogen-bond acceptors (Lipinski definition) is 1. The van der Waals surface area contributed by atoms with Crippen molar-refractivity contribution in [3.8, 4) is 5.69 Å². The number of alkyl halides is 3. The Kier molecular flexibility index (Phi) is 3.58. The summed E-state index contributed by atoms with van der Waals surface area (Å²) in [6, 6.07) is 4.41. The molecule has 2 aromatic rings. The van der Waals surface area contributed by atoms with E-state index in [0.717, 1.165) is 12.1 Å². The van der Waals surface area contributed by atoms with Crippen molar-refractivity contribution in [2.24, 2.45) is 0 Å². The maximum Gasteiger partial charge on any atom is 0.416 e. The van der Waals surface area contributed by atoms with E-state index in [2.05, 4.69) is 21.0 Å². The Bertz CT molecular complexity index is 640. The second-order valence-electron chi connectivity index (χ2n) is 3.94. The number of aromatic amines is 1. The number of benzene rings is 1. The molecule has 1 heterocycles. The van der Waals surface area contributed by atoms with E-state index in [1.165, 1.54) is 16.8 Å². The van der Waals surface area contributed by atoms with Gasteiger partial charge >= 0.3 is 6.18 Å². The van der Waals surface area contributed by atoms with Gasteiger partial charge in [-0.25, -0.2) is 4.68 Å². The summed E-state index contributed by atoms with van der Waals surface area (Å²) < 4.78 is 38.9. The SMILES string of the molecule is CCc1[nH]n(-c2ccc(C(F)(F)F)cc2)c(=O)c1Br. The summed E-state index contributed by atoms with van der Waals surface area (Å²) in [5.41, 5.74) is -0.00876. The number of aromatic nitrogens is 2. The zero-order chi connectivity index (χ0) is 14.2. The van der Waals surface area contributed by atoms with E-state index in [1.807, 2.05) is 6.92 Å². The van der Waals surface area contributed by atoms with Gasteiger partial charge in [-0.2, -0.15) is 13.2 Å². The molecule has 0 unspecified atom stereocenters. The van der Waals surface area contributed by atoms with Crippen LogP contribution in [0.15, 0.2) is 33.5 Å². The topological polar surface area (TPSA) is 37.8 Å². The van der Waals surface area contributed by atoms with Gasteiger partial charge in [-0.1, -0.05) is 6.92 Å². The van der Waals surface area contributed by atoms with Gasteiger partial charge in [0.05, 0.1) is 16.9 Å². The second kappa shape index (κ2) is 4.88. The molecule has 0 saturated heterocycles. The summed E-state index contributed by atoms with van der Waals surface area (Å²) in [4.78, 5) is 11.9. The van der Waals surface area contributed by atoms with Crippen LogP contribution in [0.1, 0.15) is 18.2 Å². The number of aryl methyl sites for hydroxylation is 1. The van der Waals surface area contributed by atoms with Gasteiger partial charge in [0, 0.05) is 0 Å². The molecule has 102 valence electrons. The lowest BCUT2D eigenvalue weighted by Gasteiger charge is -2.07. The molecule has 0 amide bonds. The Morgan fingerprint density at radius 3 is 2.26 bits per heavy atom. The Hall–Kier alpha value is -1.50. The van der Waals surface area contributed by atoms with Crippen LogP contribution in [0.25, 0.3) is 5.69 Å². The number of rotatable bonds is 2. The molecule has 7 heteroatoms. The highest BCUT2D eigenvalue weighted by atomic mass is 79.9. The van der Waals surface area contributed by atoms with E-state index in [9.17, 15) is 18.0 Å². The van der Waals surface area contributed by atoms with Crippen LogP contribution in [0.3, 0.4) is 0 Å². The van der Waals surface area contributed by atoms with Gasteiger partial charge in [-0.05, 0) is 46.6 Å². The minimum Gasteiger partial charge on any atom is -0.294 e. The molecular weight excluding hydrogens is 325 g/mol. The highest BCUT2D eigenvalue weighted by Gasteiger charge is 2.30. The van der Waals surface area contributed by atoms with Crippen molar-refractivity contribution < 1.29 is 13.2 Å². The van der Waals surface area contributed by atoms with Gasteiger partial charge in [0.25, 0.3) is 5.56 Å². The quantitative estimate of drug-likeness (QED) is 0.896. The van der Waals surface area contributed by atoms with E-state index >= 15 is 0 Å². The predicted octanol–water partition coefficient (Wildman–Crippen LogP) is 3.51. The first kappa shape index (κ1) is 13.9. The van der Waals surface area contributed by atoms with Gasteiger partial charge in [-0.3, -0.25) is 9.89 Å². The molecule has 0 spiro atoms. The number of nitrogens with one attached hydrogen (secondary N) is 1. The number of halogens is 4. The lowest BCUT2D eigenvalue weighted by Crippen LogP contribution is -2.15. The molecule has 0 aliphatic rings. The molecule has 19 heavy (non-hydrogen) atoms. The fraction of sp³-hybridized carbons (Fsp3) is 0.250. The highest BCUT2D eigenvalue weighted by Crippen LogP contribution is 2.29. The minimum atomic E-state index is -4.38. The smallest absolute Gasteiger partial charge is 0.294 e. The number of nitrogens with zero attached hydrogens (tertiary/aromatic N) is 1. The standard InChI is InChI=1S/C12H10BrF3N2O/c1-2-9-10(13)11(19)18(17-9)8-5-3-7(4-6-8)12(14,15)16/h3-6,17H,2H2,1H3. The summed E-state index contributed by atoms with van der Waals surface area (Å²) in [6.07, 6.45) is -3.77. The summed E-state index contributed by atoms with van der Waals surface area (Å²) in [5, 5.41) is 2.85. The monoisotopic (exact) mass is 334 g/mol. The summed E-state index contributed by atoms with van der Waals surface area (Å²) in [6.45, 7) is 1.87. The van der Waals surface area contributed by atoms with Crippen molar-refractivity contribution >= 4 is 15.9 Å². The maximum atomic E-state index is 12.4. The largest absolute Gasteiger partial charge is 0.416 e. The summed E-state index contributed by atoms with van der Waals surface area (Å²) in [5.74, 6) is 0. The molecule has 0 bridgehead atoms. The van der Waals surface area contributed by atoms with Crippen LogP contribution < -0.4 is 5.56 Å². The zero-order valence-electron chi connectivity index (χ0n) is 9.88. The lowest BCUT2D eigenvalue weighted by molar-refractivity contribution is -0.137. The summed E-state index contributed by atoms with van der Waals surface area (Å²) >= 11 is 3.16. The Morgan fingerprint density at radius 1 is 1.26 bits per heavy atom. The van der Waals surface area contributed by atoms with Gasteiger partial charge in [0.15, 0.2) is 0 Å². The molecule has 1 aromatic carbocycles. The van der Waals surface area contributed by atoms with E-state index < -0.39 is 11.7 Å². The molecule has 0 saturated carbocycles. The van der Waals surface area contributed by atoms with Gasteiger partial charge < -0.3 is 0 Å². The Balaban J connectivity index is 2.46. The molecule has 0 radical (unpaired) electrons. The van der Waals surface area contributed by atoms with Gasteiger partial charge in [0.1, 0.15) is 4.47 Å². The molecule has 0 atom stereocenters. The molecule has 0 fully saturated rings. The van der Waals surface area contributed by atoms with Crippen LogP contribution in [0.5, 0.6) is 0 Å². The predicted molar refractivity (Wildman–Crippen MR) is 68.5 cm³/mol. The molecule has 1 aromatic heterocycles. The second-order valence-corrected chi connectivity index (χ2v) is 4.74. The van der Waals surface area contributed by atoms with Gasteiger partial charge in [0.2, 0.25) is 0 Å². The molecule has 2 rings (SSSR count). The van der Waals surface area contributed by atoms with E-state index in [1.54, 1.807) is 0 Å². The molecular formula is C12H10BrF3N2O. The van der Waals surface area contributed by atoms with E-state index in [-0.39, 0.29) is 5.56 Å². The molecule has 3 nitrogen and oxygen atoms in total.